The van der Waals surface area contributed by atoms with Gasteiger partial charge in [-0.2, -0.15) is 0 Å². The number of aromatic nitrogens is 2. The molecule has 6 heteroatoms. The van der Waals surface area contributed by atoms with Crippen LogP contribution >= 0.6 is 12.2 Å². The first kappa shape index (κ1) is 18.1. The van der Waals surface area contributed by atoms with Crippen LogP contribution in [0.25, 0.3) is 10.9 Å². The normalized spacial score (nSPS) is 12.3. The zero-order valence-corrected chi connectivity index (χ0v) is 15.5. The van der Waals surface area contributed by atoms with Crippen molar-refractivity contribution in [1.29, 1.82) is 0 Å². The molecule has 0 saturated carbocycles. The molecule has 3 rings (SSSR count). The molecule has 26 heavy (non-hydrogen) atoms. The molecule has 3 aromatic rings. The third-order valence-electron chi connectivity index (χ3n) is 4.22. The number of amides is 1. The highest BCUT2D eigenvalue weighted by Crippen LogP contribution is 2.22. The maximum atomic E-state index is 12.8. The van der Waals surface area contributed by atoms with Crippen LogP contribution in [0.3, 0.4) is 0 Å². The summed E-state index contributed by atoms with van der Waals surface area (Å²) in [6, 6.07) is 14.8. The van der Waals surface area contributed by atoms with Crippen molar-refractivity contribution in [3.63, 3.8) is 0 Å². The van der Waals surface area contributed by atoms with Gasteiger partial charge in [-0.25, -0.2) is 0 Å². The van der Waals surface area contributed by atoms with Gasteiger partial charge in [0.05, 0.1) is 16.9 Å². The summed E-state index contributed by atoms with van der Waals surface area (Å²) < 4.78 is 0.238. The fraction of sp³-hybridized carbons (Fsp3) is 0.250. The van der Waals surface area contributed by atoms with Crippen LogP contribution in [-0.2, 0) is 0 Å². The predicted molar refractivity (Wildman–Crippen MR) is 106 cm³/mol. The molecule has 1 unspecified atom stereocenters. The molecule has 0 aliphatic rings. The minimum Gasteiger partial charge on any atom is -0.345 e. The molecule has 134 valence electrons. The summed E-state index contributed by atoms with van der Waals surface area (Å²) in [5, 5.41) is 3.58. The van der Waals surface area contributed by atoms with Crippen LogP contribution in [0.15, 0.2) is 53.3 Å². The minimum absolute atomic E-state index is 0.0722. The summed E-state index contributed by atoms with van der Waals surface area (Å²) in [7, 11) is 0. The third kappa shape index (κ3) is 4.08. The van der Waals surface area contributed by atoms with Crippen molar-refractivity contribution < 1.29 is 4.79 Å². The van der Waals surface area contributed by atoms with Crippen LogP contribution in [-0.4, -0.2) is 15.9 Å². The molecule has 2 aromatic carbocycles. The largest absolute Gasteiger partial charge is 0.345 e. The fourth-order valence-electron chi connectivity index (χ4n) is 2.99. The zero-order valence-electron chi connectivity index (χ0n) is 14.7. The molecule has 1 amide bonds. The van der Waals surface area contributed by atoms with Crippen molar-refractivity contribution in [3.05, 3.63) is 74.8 Å². The lowest BCUT2D eigenvalue weighted by Gasteiger charge is -2.21. The number of benzene rings is 2. The molecule has 1 heterocycles. The SMILES string of the molecule is CC(C)CC(NC(=O)c1ccc2c(=O)[nH]c(=S)[nH]c2c1)c1ccccc1. The Morgan fingerprint density at radius 2 is 1.85 bits per heavy atom. The van der Waals surface area contributed by atoms with Gasteiger partial charge < -0.3 is 10.3 Å². The van der Waals surface area contributed by atoms with Crippen LogP contribution in [0.2, 0.25) is 0 Å². The highest BCUT2D eigenvalue weighted by atomic mass is 32.1. The van der Waals surface area contributed by atoms with Crippen molar-refractivity contribution in [2.45, 2.75) is 26.3 Å². The Bertz CT molecular complexity index is 1040. The molecule has 0 aliphatic carbocycles. The van der Waals surface area contributed by atoms with Crippen LogP contribution in [0.5, 0.6) is 0 Å². The second-order valence-electron chi connectivity index (χ2n) is 6.73. The smallest absolute Gasteiger partial charge is 0.259 e. The van der Waals surface area contributed by atoms with Crippen molar-refractivity contribution in [1.82, 2.24) is 15.3 Å². The maximum absolute atomic E-state index is 12.8. The molecule has 0 radical (unpaired) electrons. The Labute approximate surface area is 156 Å². The Kier molecular flexibility index (Phi) is 5.32. The maximum Gasteiger partial charge on any atom is 0.259 e. The summed E-state index contributed by atoms with van der Waals surface area (Å²) in [6.07, 6.45) is 0.839. The first-order valence-corrected chi connectivity index (χ1v) is 8.97. The molecule has 0 fully saturated rings. The fourth-order valence-corrected chi connectivity index (χ4v) is 3.19. The van der Waals surface area contributed by atoms with Gasteiger partial charge in [-0.3, -0.25) is 14.6 Å². The van der Waals surface area contributed by atoms with Gasteiger partial charge in [0.25, 0.3) is 11.5 Å². The number of H-pyrrole nitrogens is 2. The average molecular weight is 367 g/mol. The first-order valence-electron chi connectivity index (χ1n) is 8.56. The Balaban J connectivity index is 1.91. The number of carbonyl (C=O) groups excluding carboxylic acids is 1. The van der Waals surface area contributed by atoms with E-state index in [1.165, 1.54) is 0 Å². The number of nitrogens with one attached hydrogen (secondary N) is 3. The van der Waals surface area contributed by atoms with E-state index in [0.717, 1.165) is 12.0 Å². The van der Waals surface area contributed by atoms with Gasteiger partial charge in [0, 0.05) is 5.56 Å². The molecule has 3 N–H and O–H groups in total. The molecular formula is C20H21N3O2S. The number of hydrogen-bond acceptors (Lipinski definition) is 3. The van der Waals surface area contributed by atoms with Gasteiger partial charge in [-0.05, 0) is 48.3 Å². The summed E-state index contributed by atoms with van der Waals surface area (Å²) in [4.78, 5) is 30.2. The van der Waals surface area contributed by atoms with Gasteiger partial charge >= 0.3 is 0 Å². The van der Waals surface area contributed by atoms with E-state index in [-0.39, 0.29) is 22.3 Å². The van der Waals surface area contributed by atoms with Gasteiger partial charge in [0.2, 0.25) is 0 Å². The number of aromatic amines is 2. The van der Waals surface area contributed by atoms with Crippen molar-refractivity contribution in [2.24, 2.45) is 5.92 Å². The van der Waals surface area contributed by atoms with Crippen LogP contribution in [0.1, 0.15) is 42.2 Å². The van der Waals surface area contributed by atoms with E-state index >= 15 is 0 Å². The van der Waals surface area contributed by atoms with Crippen LogP contribution in [0.4, 0.5) is 0 Å². The number of fused-ring (bicyclic) bond motifs is 1. The zero-order chi connectivity index (χ0) is 18.7. The number of carbonyl (C=O) groups is 1. The molecular weight excluding hydrogens is 346 g/mol. The van der Waals surface area contributed by atoms with E-state index in [0.29, 0.717) is 22.4 Å². The highest BCUT2D eigenvalue weighted by Gasteiger charge is 2.17. The summed E-state index contributed by atoms with van der Waals surface area (Å²) in [5.41, 5.74) is 1.84. The molecule has 5 nitrogen and oxygen atoms in total. The van der Waals surface area contributed by atoms with E-state index in [1.54, 1.807) is 18.2 Å². The summed E-state index contributed by atoms with van der Waals surface area (Å²) >= 11 is 5.01. The summed E-state index contributed by atoms with van der Waals surface area (Å²) in [6.45, 7) is 4.26. The number of rotatable bonds is 5. The minimum atomic E-state index is -0.266. The second-order valence-corrected chi connectivity index (χ2v) is 7.14. The lowest BCUT2D eigenvalue weighted by atomic mass is 9.96. The first-order chi connectivity index (χ1) is 12.4. The van der Waals surface area contributed by atoms with E-state index in [1.807, 2.05) is 30.3 Å². The van der Waals surface area contributed by atoms with E-state index in [9.17, 15) is 9.59 Å². The topological polar surface area (TPSA) is 77.8 Å². The molecule has 0 bridgehead atoms. The van der Waals surface area contributed by atoms with Crippen LogP contribution in [0, 0.1) is 10.7 Å². The third-order valence-corrected chi connectivity index (χ3v) is 4.42. The highest BCUT2D eigenvalue weighted by molar-refractivity contribution is 7.71. The summed E-state index contributed by atoms with van der Waals surface area (Å²) in [5.74, 6) is 0.257. The van der Waals surface area contributed by atoms with Gasteiger partial charge in [-0.1, -0.05) is 44.2 Å². The van der Waals surface area contributed by atoms with Gasteiger partial charge in [0.15, 0.2) is 4.77 Å². The van der Waals surface area contributed by atoms with E-state index < -0.39 is 0 Å². The molecule has 1 atom stereocenters. The lowest BCUT2D eigenvalue weighted by molar-refractivity contribution is 0.0932. The molecule has 0 spiro atoms. The van der Waals surface area contributed by atoms with Gasteiger partial charge in [0.1, 0.15) is 0 Å². The Morgan fingerprint density at radius 1 is 1.12 bits per heavy atom. The predicted octanol–water partition coefficient (Wildman–Crippen LogP) is 4.10. The number of hydrogen-bond donors (Lipinski definition) is 3. The van der Waals surface area contributed by atoms with E-state index in [2.05, 4.69) is 29.1 Å². The molecule has 0 aliphatic heterocycles. The van der Waals surface area contributed by atoms with Crippen molar-refractivity contribution in [3.8, 4) is 0 Å². The Morgan fingerprint density at radius 3 is 2.54 bits per heavy atom. The standard InChI is InChI=1S/C20H21N3O2S/c1-12(2)10-16(13-6-4-3-5-7-13)21-18(24)14-8-9-15-17(11-14)22-20(26)23-19(15)25/h3-9,11-12,16H,10H2,1-2H3,(H,21,24)(H2,22,23,25,26). The van der Waals surface area contributed by atoms with Crippen molar-refractivity contribution in [2.75, 3.05) is 0 Å². The quantitative estimate of drug-likeness (QED) is 0.594. The lowest BCUT2D eigenvalue weighted by Crippen LogP contribution is -2.29. The second kappa shape index (κ2) is 7.66. The monoisotopic (exact) mass is 367 g/mol. The Hall–Kier alpha value is -2.73. The molecule has 0 saturated heterocycles. The molecule has 1 aromatic heterocycles. The van der Waals surface area contributed by atoms with Crippen molar-refractivity contribution >= 4 is 29.0 Å². The van der Waals surface area contributed by atoms with Gasteiger partial charge in [-0.15, -0.1) is 0 Å². The van der Waals surface area contributed by atoms with E-state index in [4.69, 9.17) is 12.2 Å². The average Bonchev–Trinajstić information content (AvgIpc) is 2.60. The van der Waals surface area contributed by atoms with Crippen LogP contribution < -0.4 is 10.9 Å².